The number of amides is 1. The number of carbonyl (C=O) groups excluding carboxylic acids is 1. The van der Waals surface area contributed by atoms with E-state index in [-0.39, 0.29) is 30.5 Å². The molecule has 0 radical (unpaired) electrons. The number of rotatable bonds is 6. The molecular formula is C19H29ClN4O2. The Hall–Kier alpha value is -1.79. The van der Waals surface area contributed by atoms with Crippen molar-refractivity contribution in [3.05, 3.63) is 34.7 Å². The molecule has 1 aliphatic rings. The lowest BCUT2D eigenvalue weighted by molar-refractivity contribution is -0.133. The van der Waals surface area contributed by atoms with Crippen LogP contribution in [0.5, 0.6) is 0 Å². The van der Waals surface area contributed by atoms with Crippen molar-refractivity contribution in [2.75, 3.05) is 26.2 Å². The van der Waals surface area contributed by atoms with Crippen molar-refractivity contribution in [1.29, 1.82) is 0 Å². The monoisotopic (exact) mass is 380 g/mol. The van der Waals surface area contributed by atoms with Crippen LogP contribution in [-0.2, 0) is 17.9 Å². The Morgan fingerprint density at radius 3 is 2.31 bits per heavy atom. The maximum atomic E-state index is 12.7. The normalized spacial score (nSPS) is 15.2. The molecule has 26 heavy (non-hydrogen) atoms. The lowest BCUT2D eigenvalue weighted by Crippen LogP contribution is -2.43. The number of halogens is 1. The van der Waals surface area contributed by atoms with Crippen molar-refractivity contribution in [2.24, 2.45) is 5.92 Å². The molecule has 1 aliphatic heterocycles. The molecule has 2 heterocycles. The molecule has 6 nitrogen and oxygen atoms in total. The molecule has 0 bridgehead atoms. The van der Waals surface area contributed by atoms with Crippen molar-refractivity contribution < 1.29 is 4.79 Å². The molecule has 1 saturated heterocycles. The minimum absolute atomic E-state index is 0. The molecule has 0 unspecified atom stereocenters. The number of nitrogens with zero attached hydrogens (tertiary/aromatic N) is 3. The van der Waals surface area contributed by atoms with E-state index in [2.05, 4.69) is 12.2 Å². The van der Waals surface area contributed by atoms with Crippen LogP contribution in [0.4, 0.5) is 0 Å². The van der Waals surface area contributed by atoms with Gasteiger partial charge in [-0.2, -0.15) is 0 Å². The highest BCUT2D eigenvalue weighted by molar-refractivity contribution is 5.85. The number of piperidine rings is 1. The molecule has 3 rings (SSSR count). The second-order valence-corrected chi connectivity index (χ2v) is 6.73. The van der Waals surface area contributed by atoms with Gasteiger partial charge in [0.25, 0.3) is 0 Å². The van der Waals surface area contributed by atoms with E-state index in [0.29, 0.717) is 12.5 Å². The molecule has 2 aromatic rings. The Balaban J connectivity index is 0.00000243. The van der Waals surface area contributed by atoms with Gasteiger partial charge >= 0.3 is 5.69 Å². The lowest BCUT2D eigenvalue weighted by Gasteiger charge is -2.32. The van der Waals surface area contributed by atoms with Crippen molar-refractivity contribution in [1.82, 2.24) is 19.4 Å². The number of likely N-dealkylation sites (tertiary alicyclic amines) is 1. The molecule has 1 aromatic carbocycles. The molecule has 1 fully saturated rings. The first-order valence-electron chi connectivity index (χ1n) is 9.32. The van der Waals surface area contributed by atoms with Crippen molar-refractivity contribution in [2.45, 2.75) is 39.8 Å². The van der Waals surface area contributed by atoms with E-state index in [4.69, 9.17) is 0 Å². The van der Waals surface area contributed by atoms with E-state index < -0.39 is 0 Å². The number of imidazole rings is 1. The first-order valence-corrected chi connectivity index (χ1v) is 9.32. The summed E-state index contributed by atoms with van der Waals surface area (Å²) in [5.41, 5.74) is 1.64. The van der Waals surface area contributed by atoms with Crippen LogP contribution < -0.4 is 11.0 Å². The van der Waals surface area contributed by atoms with E-state index >= 15 is 0 Å². The molecule has 0 saturated carbocycles. The van der Waals surface area contributed by atoms with Crippen molar-refractivity contribution >= 4 is 29.3 Å². The average molecular weight is 381 g/mol. The first kappa shape index (κ1) is 20.5. The lowest BCUT2D eigenvalue weighted by atomic mass is 9.97. The van der Waals surface area contributed by atoms with E-state index in [1.807, 2.05) is 36.1 Å². The third-order valence-corrected chi connectivity index (χ3v) is 5.18. The minimum Gasteiger partial charge on any atom is -0.341 e. The number of para-hydroxylation sites is 2. The Morgan fingerprint density at radius 1 is 1.12 bits per heavy atom. The number of fused-ring (bicyclic) bond motifs is 1. The summed E-state index contributed by atoms with van der Waals surface area (Å²) in [5.74, 6) is 0.691. The van der Waals surface area contributed by atoms with E-state index in [0.717, 1.165) is 50.1 Å². The van der Waals surface area contributed by atoms with Gasteiger partial charge in [0.1, 0.15) is 6.54 Å². The summed E-state index contributed by atoms with van der Waals surface area (Å²) in [6, 6.07) is 7.69. The molecule has 1 aromatic heterocycles. The fourth-order valence-electron chi connectivity index (χ4n) is 3.70. The second-order valence-electron chi connectivity index (χ2n) is 6.73. The second kappa shape index (κ2) is 9.24. The third kappa shape index (κ3) is 4.13. The van der Waals surface area contributed by atoms with E-state index in [1.165, 1.54) is 0 Å². The van der Waals surface area contributed by atoms with Crippen LogP contribution in [0.3, 0.4) is 0 Å². The van der Waals surface area contributed by atoms with E-state index in [9.17, 15) is 9.59 Å². The van der Waals surface area contributed by atoms with Crippen molar-refractivity contribution in [3.8, 4) is 0 Å². The first-order chi connectivity index (χ1) is 12.2. The Kier molecular flexibility index (Phi) is 7.29. The summed E-state index contributed by atoms with van der Waals surface area (Å²) in [6.45, 7) is 8.40. The fourth-order valence-corrected chi connectivity index (χ4v) is 3.70. The zero-order valence-corrected chi connectivity index (χ0v) is 16.4. The molecular weight excluding hydrogens is 352 g/mol. The van der Waals surface area contributed by atoms with Gasteiger partial charge in [0.2, 0.25) is 5.91 Å². The number of hydrogen-bond donors (Lipinski definition) is 1. The van der Waals surface area contributed by atoms with Crippen LogP contribution in [0.25, 0.3) is 11.0 Å². The van der Waals surface area contributed by atoms with Gasteiger partial charge in [0, 0.05) is 19.6 Å². The highest BCUT2D eigenvalue weighted by Crippen LogP contribution is 2.18. The topological polar surface area (TPSA) is 59.3 Å². The summed E-state index contributed by atoms with van der Waals surface area (Å²) < 4.78 is 3.34. The van der Waals surface area contributed by atoms with Gasteiger partial charge in [-0.3, -0.25) is 13.9 Å². The largest absolute Gasteiger partial charge is 0.341 e. The van der Waals surface area contributed by atoms with Crippen LogP contribution in [0.2, 0.25) is 0 Å². The van der Waals surface area contributed by atoms with Crippen LogP contribution in [0, 0.1) is 5.92 Å². The third-order valence-electron chi connectivity index (χ3n) is 5.18. The maximum Gasteiger partial charge on any atom is 0.329 e. The van der Waals surface area contributed by atoms with Gasteiger partial charge in [-0.15, -0.1) is 12.4 Å². The number of nitrogens with one attached hydrogen (secondary N) is 1. The summed E-state index contributed by atoms with van der Waals surface area (Å²) in [5, 5.41) is 3.39. The Morgan fingerprint density at radius 2 is 1.73 bits per heavy atom. The van der Waals surface area contributed by atoms with Gasteiger partial charge in [0.15, 0.2) is 0 Å². The maximum absolute atomic E-state index is 12.7. The van der Waals surface area contributed by atoms with Crippen LogP contribution in [0.15, 0.2) is 29.1 Å². The molecule has 0 atom stereocenters. The molecule has 7 heteroatoms. The van der Waals surface area contributed by atoms with Crippen LogP contribution in [-0.4, -0.2) is 46.1 Å². The molecule has 1 N–H and O–H groups in total. The summed E-state index contributed by atoms with van der Waals surface area (Å²) in [4.78, 5) is 27.3. The number of aryl methyl sites for hydroxylation is 1. The van der Waals surface area contributed by atoms with Gasteiger partial charge in [-0.25, -0.2) is 4.79 Å². The quantitative estimate of drug-likeness (QED) is 0.834. The van der Waals surface area contributed by atoms with Gasteiger partial charge in [0.05, 0.1) is 11.0 Å². The highest BCUT2D eigenvalue weighted by Gasteiger charge is 2.24. The number of benzene rings is 1. The fraction of sp³-hybridized carbons (Fsp3) is 0.579. The summed E-state index contributed by atoms with van der Waals surface area (Å²) in [7, 11) is 0. The van der Waals surface area contributed by atoms with Crippen LogP contribution in [0.1, 0.15) is 26.7 Å². The average Bonchev–Trinajstić information content (AvgIpc) is 2.91. The van der Waals surface area contributed by atoms with Crippen LogP contribution >= 0.6 is 12.4 Å². The van der Waals surface area contributed by atoms with Gasteiger partial charge in [-0.05, 0) is 50.9 Å². The zero-order chi connectivity index (χ0) is 17.8. The smallest absolute Gasteiger partial charge is 0.329 e. The van der Waals surface area contributed by atoms with Gasteiger partial charge in [-0.1, -0.05) is 19.1 Å². The SMILES string of the molecule is CCNCC1CCN(C(=O)Cn2c(=O)n(CC)c3ccccc32)CC1.Cl. The zero-order valence-electron chi connectivity index (χ0n) is 15.6. The molecule has 144 valence electrons. The molecule has 0 spiro atoms. The Labute approximate surface area is 160 Å². The standard InChI is InChI=1S/C19H28N4O2.ClH/c1-3-20-13-15-9-11-21(12-10-15)18(24)14-23-17-8-6-5-7-16(17)22(4-2)19(23)25;/h5-8,15,20H,3-4,9-14H2,1-2H3;1H. The van der Waals surface area contributed by atoms with Crippen molar-refractivity contribution in [3.63, 3.8) is 0 Å². The predicted molar refractivity (Wildman–Crippen MR) is 107 cm³/mol. The highest BCUT2D eigenvalue weighted by atomic mass is 35.5. The number of aromatic nitrogens is 2. The minimum atomic E-state index is -0.0981. The molecule has 0 aliphatic carbocycles. The molecule has 1 amide bonds. The Bertz CT molecular complexity index is 790. The predicted octanol–water partition coefficient (Wildman–Crippen LogP) is 2.09. The summed E-state index contributed by atoms with van der Waals surface area (Å²) in [6.07, 6.45) is 2.06. The van der Waals surface area contributed by atoms with E-state index in [1.54, 1.807) is 9.13 Å². The number of hydrogen-bond acceptors (Lipinski definition) is 3. The van der Waals surface area contributed by atoms with Gasteiger partial charge < -0.3 is 10.2 Å². The number of carbonyl (C=O) groups is 1. The summed E-state index contributed by atoms with van der Waals surface area (Å²) >= 11 is 0.